The highest BCUT2D eigenvalue weighted by molar-refractivity contribution is 5.81. The van der Waals surface area contributed by atoms with E-state index in [1.807, 2.05) is 13.8 Å². The molecule has 3 nitrogen and oxygen atoms in total. The molecular weight excluding hydrogens is 259 g/mol. The van der Waals surface area contributed by atoms with Crippen molar-refractivity contribution >= 4 is 5.97 Å². The van der Waals surface area contributed by atoms with Gasteiger partial charge in [-0.15, -0.1) is 0 Å². The maximum atomic E-state index is 12.4. The summed E-state index contributed by atoms with van der Waals surface area (Å²) in [5.74, 6) is 0.00713. The molecule has 0 saturated heterocycles. The van der Waals surface area contributed by atoms with Gasteiger partial charge in [-0.2, -0.15) is 13.2 Å². The second-order valence-corrected chi connectivity index (χ2v) is 5.64. The van der Waals surface area contributed by atoms with Crippen LogP contribution >= 0.6 is 0 Å². The smallest absolute Gasteiger partial charge is 0.401 e. The van der Waals surface area contributed by atoms with E-state index < -0.39 is 24.2 Å². The fourth-order valence-electron chi connectivity index (χ4n) is 2.77. The Hall–Kier alpha value is -0.780. The number of halogens is 3. The monoisotopic (exact) mass is 281 g/mol. The molecule has 1 fully saturated rings. The van der Waals surface area contributed by atoms with Crippen LogP contribution < -0.4 is 5.32 Å². The molecule has 6 heteroatoms. The maximum Gasteiger partial charge on any atom is 0.401 e. The summed E-state index contributed by atoms with van der Waals surface area (Å²) >= 11 is 0. The number of nitrogens with one attached hydrogen (secondary N) is 1. The molecule has 0 aliphatic heterocycles. The van der Waals surface area contributed by atoms with Gasteiger partial charge in [0.15, 0.2) is 0 Å². The lowest BCUT2D eigenvalue weighted by Gasteiger charge is -2.40. The fourth-order valence-corrected chi connectivity index (χ4v) is 2.77. The first-order valence-electron chi connectivity index (χ1n) is 6.60. The molecule has 1 rings (SSSR count). The van der Waals surface area contributed by atoms with Gasteiger partial charge in [0, 0.05) is 0 Å². The zero-order valence-corrected chi connectivity index (χ0v) is 11.6. The summed E-state index contributed by atoms with van der Waals surface area (Å²) in [4.78, 5) is 11.9. The van der Waals surface area contributed by atoms with Gasteiger partial charge >= 0.3 is 12.1 Å². The number of carbonyl (C=O) groups excluding carboxylic acids is 1. The van der Waals surface area contributed by atoms with E-state index in [2.05, 4.69) is 5.32 Å². The highest BCUT2D eigenvalue weighted by Crippen LogP contribution is 2.37. The van der Waals surface area contributed by atoms with Gasteiger partial charge in [0.25, 0.3) is 0 Å². The topological polar surface area (TPSA) is 38.3 Å². The standard InChI is InChI=1S/C13H22F3NO2/c1-9(2)10-5-4-6-12(7-10,11(18)19-3)17-8-13(14,15)16/h9-10,17H,4-8H2,1-3H3. The summed E-state index contributed by atoms with van der Waals surface area (Å²) < 4.78 is 41.9. The zero-order valence-electron chi connectivity index (χ0n) is 11.6. The van der Waals surface area contributed by atoms with Gasteiger partial charge < -0.3 is 4.74 Å². The van der Waals surface area contributed by atoms with E-state index in [9.17, 15) is 18.0 Å². The quantitative estimate of drug-likeness (QED) is 0.805. The Bertz CT molecular complexity index is 318. The molecule has 1 aliphatic carbocycles. The molecule has 0 bridgehead atoms. The second-order valence-electron chi connectivity index (χ2n) is 5.64. The van der Waals surface area contributed by atoms with Crippen molar-refractivity contribution in [2.24, 2.45) is 11.8 Å². The Morgan fingerprint density at radius 1 is 1.47 bits per heavy atom. The Labute approximate surface area is 111 Å². The van der Waals surface area contributed by atoms with E-state index >= 15 is 0 Å². The Morgan fingerprint density at radius 3 is 2.58 bits per heavy atom. The average Bonchev–Trinajstić information content (AvgIpc) is 2.34. The van der Waals surface area contributed by atoms with Crippen LogP contribution in [-0.2, 0) is 9.53 Å². The van der Waals surface area contributed by atoms with Crippen molar-refractivity contribution < 1.29 is 22.7 Å². The summed E-state index contributed by atoms with van der Waals surface area (Å²) in [6.45, 7) is 2.90. The van der Waals surface area contributed by atoms with Gasteiger partial charge in [-0.1, -0.05) is 26.7 Å². The van der Waals surface area contributed by atoms with Gasteiger partial charge in [-0.3, -0.25) is 10.1 Å². The van der Waals surface area contributed by atoms with E-state index in [1.165, 1.54) is 7.11 Å². The molecule has 0 radical (unpaired) electrons. The van der Waals surface area contributed by atoms with Crippen LogP contribution in [0.1, 0.15) is 39.5 Å². The molecule has 112 valence electrons. The number of alkyl halides is 3. The van der Waals surface area contributed by atoms with Gasteiger partial charge in [-0.25, -0.2) is 0 Å². The molecule has 1 aliphatic rings. The highest BCUT2D eigenvalue weighted by Gasteiger charge is 2.46. The molecular formula is C13H22F3NO2. The van der Waals surface area contributed by atoms with Gasteiger partial charge in [0.1, 0.15) is 5.54 Å². The molecule has 1 saturated carbocycles. The van der Waals surface area contributed by atoms with Crippen molar-refractivity contribution in [3.8, 4) is 0 Å². The van der Waals surface area contributed by atoms with E-state index in [1.54, 1.807) is 0 Å². The first-order chi connectivity index (χ1) is 8.70. The number of esters is 1. The molecule has 2 unspecified atom stereocenters. The Morgan fingerprint density at radius 2 is 2.11 bits per heavy atom. The van der Waals surface area contributed by atoms with Gasteiger partial charge in [-0.05, 0) is 24.7 Å². The van der Waals surface area contributed by atoms with Crippen LogP contribution in [0.5, 0.6) is 0 Å². The predicted molar refractivity (Wildman–Crippen MR) is 65.6 cm³/mol. The fraction of sp³-hybridized carbons (Fsp3) is 0.923. The van der Waals surface area contributed by atoms with Gasteiger partial charge in [0.05, 0.1) is 13.7 Å². The van der Waals surface area contributed by atoms with Crippen molar-refractivity contribution in [3.05, 3.63) is 0 Å². The Kier molecular flexibility index (Phi) is 5.24. The van der Waals surface area contributed by atoms with Crippen LogP contribution in [-0.4, -0.2) is 31.3 Å². The van der Waals surface area contributed by atoms with Gasteiger partial charge in [0.2, 0.25) is 0 Å². The number of hydrogen-bond acceptors (Lipinski definition) is 3. The van der Waals surface area contributed by atoms with Crippen molar-refractivity contribution in [3.63, 3.8) is 0 Å². The van der Waals surface area contributed by atoms with E-state index in [0.29, 0.717) is 18.8 Å². The van der Waals surface area contributed by atoms with Crippen molar-refractivity contribution in [2.45, 2.75) is 51.2 Å². The third kappa shape index (κ3) is 4.37. The molecule has 1 N–H and O–H groups in total. The van der Waals surface area contributed by atoms with E-state index in [0.717, 1.165) is 12.8 Å². The first-order valence-corrected chi connectivity index (χ1v) is 6.60. The SMILES string of the molecule is COC(=O)C1(NCC(F)(F)F)CCCC(C(C)C)C1. The molecule has 0 spiro atoms. The molecule has 19 heavy (non-hydrogen) atoms. The second kappa shape index (κ2) is 6.11. The summed E-state index contributed by atoms with van der Waals surface area (Å²) in [6.07, 6.45) is -1.83. The van der Waals surface area contributed by atoms with Crippen LogP contribution in [0, 0.1) is 11.8 Å². The number of methoxy groups -OCH3 is 1. The molecule has 0 aromatic rings. The van der Waals surface area contributed by atoms with Crippen LogP contribution in [0.3, 0.4) is 0 Å². The summed E-state index contributed by atoms with van der Waals surface area (Å²) in [5, 5.41) is 2.41. The van der Waals surface area contributed by atoms with Crippen molar-refractivity contribution in [1.29, 1.82) is 0 Å². The number of hydrogen-bond donors (Lipinski definition) is 1. The number of rotatable bonds is 4. The zero-order chi connectivity index (χ0) is 14.7. The van der Waals surface area contributed by atoms with Crippen molar-refractivity contribution in [1.82, 2.24) is 5.32 Å². The Balaban J connectivity index is 2.84. The number of carbonyl (C=O) groups is 1. The summed E-state index contributed by atoms with van der Waals surface area (Å²) in [6, 6.07) is 0. The average molecular weight is 281 g/mol. The molecule has 0 heterocycles. The number of ether oxygens (including phenoxy) is 1. The lowest BCUT2D eigenvalue weighted by molar-refractivity contribution is -0.156. The lowest BCUT2D eigenvalue weighted by Crippen LogP contribution is -2.58. The van der Waals surface area contributed by atoms with E-state index in [4.69, 9.17) is 4.74 Å². The van der Waals surface area contributed by atoms with Crippen LogP contribution in [0.25, 0.3) is 0 Å². The maximum absolute atomic E-state index is 12.4. The van der Waals surface area contributed by atoms with Crippen LogP contribution in [0.4, 0.5) is 13.2 Å². The minimum atomic E-state index is -4.33. The van der Waals surface area contributed by atoms with Crippen LogP contribution in [0.2, 0.25) is 0 Å². The third-order valence-electron chi connectivity index (χ3n) is 3.94. The molecule has 0 aromatic carbocycles. The largest absolute Gasteiger partial charge is 0.468 e. The normalized spacial score (nSPS) is 28.5. The van der Waals surface area contributed by atoms with Crippen molar-refractivity contribution in [2.75, 3.05) is 13.7 Å². The predicted octanol–water partition coefficient (Wildman–Crippen LogP) is 2.90. The van der Waals surface area contributed by atoms with Crippen LogP contribution in [0.15, 0.2) is 0 Å². The lowest BCUT2D eigenvalue weighted by atomic mass is 9.71. The van der Waals surface area contributed by atoms with E-state index in [-0.39, 0.29) is 5.92 Å². The molecule has 2 atom stereocenters. The summed E-state index contributed by atoms with van der Waals surface area (Å²) in [7, 11) is 1.22. The third-order valence-corrected chi connectivity index (χ3v) is 3.94. The minimum absolute atomic E-state index is 0.244. The molecule has 0 amide bonds. The molecule has 0 aromatic heterocycles. The summed E-state index contributed by atoms with van der Waals surface area (Å²) in [5.41, 5.74) is -1.18. The minimum Gasteiger partial charge on any atom is -0.468 e. The first kappa shape index (κ1) is 16.3. The highest BCUT2D eigenvalue weighted by atomic mass is 19.4.